The molecule has 92 valence electrons. The van der Waals surface area contributed by atoms with E-state index in [0.717, 1.165) is 19.6 Å². The molecule has 0 saturated carbocycles. The lowest BCUT2D eigenvalue weighted by Gasteiger charge is -2.09. The van der Waals surface area contributed by atoms with Gasteiger partial charge in [0.25, 0.3) is 0 Å². The molecule has 0 spiro atoms. The molecule has 1 aromatic heterocycles. The van der Waals surface area contributed by atoms with Crippen LogP contribution in [-0.4, -0.2) is 36.7 Å². The fourth-order valence-corrected chi connectivity index (χ4v) is 1.70. The Bertz CT molecular complexity index is 278. The van der Waals surface area contributed by atoms with Crippen molar-refractivity contribution in [3.63, 3.8) is 0 Å². The fraction of sp³-hybridized carbons (Fsp3) is 0.692. The van der Waals surface area contributed by atoms with Gasteiger partial charge in [-0.25, -0.2) is 0 Å². The van der Waals surface area contributed by atoms with Gasteiger partial charge in [0.15, 0.2) is 0 Å². The van der Waals surface area contributed by atoms with Gasteiger partial charge >= 0.3 is 0 Å². The van der Waals surface area contributed by atoms with Crippen molar-refractivity contribution in [3.8, 4) is 0 Å². The van der Waals surface area contributed by atoms with Crippen molar-refractivity contribution in [2.24, 2.45) is 0 Å². The van der Waals surface area contributed by atoms with E-state index in [-0.39, 0.29) is 0 Å². The van der Waals surface area contributed by atoms with Crippen LogP contribution in [0.4, 0.5) is 0 Å². The van der Waals surface area contributed by atoms with Crippen LogP contribution in [0.2, 0.25) is 0 Å². The topological polar surface area (TPSA) is 20.2 Å². The number of nitrogens with one attached hydrogen (secondary N) is 1. The second-order valence-electron chi connectivity index (χ2n) is 4.54. The zero-order valence-electron chi connectivity index (χ0n) is 10.9. The first-order valence-electron chi connectivity index (χ1n) is 6.22. The van der Waals surface area contributed by atoms with Crippen molar-refractivity contribution in [2.45, 2.75) is 32.9 Å². The molecule has 1 aromatic rings. The maximum atomic E-state index is 3.48. The molecule has 1 heterocycles. The van der Waals surface area contributed by atoms with E-state index in [1.807, 2.05) is 0 Å². The highest BCUT2D eigenvalue weighted by Crippen LogP contribution is 2.00. The highest BCUT2D eigenvalue weighted by Gasteiger charge is 1.95. The molecule has 0 amide bonds. The fourth-order valence-electron chi connectivity index (χ4n) is 1.70. The molecular weight excluding hydrogens is 198 g/mol. The molecule has 0 atom stereocenters. The maximum Gasteiger partial charge on any atom is 0.0220 e. The van der Waals surface area contributed by atoms with Gasteiger partial charge < -0.3 is 14.8 Å². The van der Waals surface area contributed by atoms with Crippen molar-refractivity contribution in [1.29, 1.82) is 0 Å². The highest BCUT2D eigenvalue weighted by atomic mass is 15.0. The highest BCUT2D eigenvalue weighted by molar-refractivity contribution is 5.09. The van der Waals surface area contributed by atoms with Crippen molar-refractivity contribution in [2.75, 3.05) is 27.2 Å². The summed E-state index contributed by atoms with van der Waals surface area (Å²) in [5.74, 6) is 0. The Hall–Kier alpha value is -0.800. The van der Waals surface area contributed by atoms with E-state index in [4.69, 9.17) is 0 Å². The van der Waals surface area contributed by atoms with Crippen LogP contribution < -0.4 is 5.32 Å². The summed E-state index contributed by atoms with van der Waals surface area (Å²) in [6, 6.07) is 2.19. The first-order valence-corrected chi connectivity index (χ1v) is 6.22. The van der Waals surface area contributed by atoms with E-state index in [0.29, 0.717) is 0 Å². The van der Waals surface area contributed by atoms with Crippen molar-refractivity contribution < 1.29 is 0 Å². The van der Waals surface area contributed by atoms with E-state index >= 15 is 0 Å². The summed E-state index contributed by atoms with van der Waals surface area (Å²) in [4.78, 5) is 2.24. The van der Waals surface area contributed by atoms with Gasteiger partial charge in [0.2, 0.25) is 0 Å². The monoisotopic (exact) mass is 223 g/mol. The lowest BCUT2D eigenvalue weighted by molar-refractivity contribution is 0.391. The summed E-state index contributed by atoms with van der Waals surface area (Å²) < 4.78 is 2.21. The average Bonchev–Trinajstić information content (AvgIpc) is 2.70. The minimum Gasteiger partial charge on any atom is -0.354 e. The van der Waals surface area contributed by atoms with Gasteiger partial charge in [0, 0.05) is 25.5 Å². The number of aryl methyl sites for hydroxylation is 1. The van der Waals surface area contributed by atoms with E-state index in [9.17, 15) is 0 Å². The summed E-state index contributed by atoms with van der Waals surface area (Å²) in [5, 5.41) is 3.48. The third-order valence-corrected chi connectivity index (χ3v) is 2.71. The third kappa shape index (κ3) is 5.33. The largest absolute Gasteiger partial charge is 0.354 e. The Labute approximate surface area is 99.4 Å². The van der Waals surface area contributed by atoms with E-state index in [1.165, 1.54) is 24.9 Å². The van der Waals surface area contributed by atoms with Gasteiger partial charge in [0.1, 0.15) is 0 Å². The zero-order valence-corrected chi connectivity index (χ0v) is 10.9. The minimum atomic E-state index is 0.995. The molecule has 0 aliphatic carbocycles. The summed E-state index contributed by atoms with van der Waals surface area (Å²) in [7, 11) is 4.25. The standard InChI is InChI=1S/C13H25N3/c1-4-16-10-7-13(12-16)11-14-8-5-6-9-15(2)3/h7,10,12,14H,4-6,8-9,11H2,1-3H3. The summed E-state index contributed by atoms with van der Waals surface area (Å²) in [5.41, 5.74) is 1.38. The molecule has 0 aromatic carbocycles. The van der Waals surface area contributed by atoms with E-state index in [1.54, 1.807) is 0 Å². The Kier molecular flexibility index (Phi) is 6.19. The minimum absolute atomic E-state index is 0.995. The molecule has 1 N–H and O–H groups in total. The Morgan fingerprint density at radius 3 is 2.75 bits per heavy atom. The number of aromatic nitrogens is 1. The van der Waals surface area contributed by atoms with Crippen LogP contribution in [0.3, 0.4) is 0 Å². The smallest absolute Gasteiger partial charge is 0.0220 e. The summed E-state index contributed by atoms with van der Waals surface area (Å²) in [6.45, 7) is 6.52. The molecule has 16 heavy (non-hydrogen) atoms. The van der Waals surface area contributed by atoms with Crippen LogP contribution in [0.15, 0.2) is 18.5 Å². The first kappa shape index (κ1) is 13.3. The van der Waals surface area contributed by atoms with Crippen LogP contribution in [0.5, 0.6) is 0 Å². The predicted molar refractivity (Wildman–Crippen MR) is 69.6 cm³/mol. The number of hydrogen-bond acceptors (Lipinski definition) is 2. The number of rotatable bonds is 8. The predicted octanol–water partition coefficient (Wildman–Crippen LogP) is 1.94. The first-order chi connectivity index (χ1) is 7.72. The molecular formula is C13H25N3. The molecule has 3 nitrogen and oxygen atoms in total. The molecule has 0 aliphatic rings. The molecule has 0 unspecified atom stereocenters. The van der Waals surface area contributed by atoms with Gasteiger partial charge in [-0.2, -0.15) is 0 Å². The lowest BCUT2D eigenvalue weighted by Crippen LogP contribution is -2.17. The Morgan fingerprint density at radius 1 is 1.31 bits per heavy atom. The summed E-state index contributed by atoms with van der Waals surface area (Å²) in [6.07, 6.45) is 6.89. The van der Waals surface area contributed by atoms with Crippen molar-refractivity contribution in [1.82, 2.24) is 14.8 Å². The summed E-state index contributed by atoms with van der Waals surface area (Å²) >= 11 is 0. The van der Waals surface area contributed by atoms with Crippen LogP contribution >= 0.6 is 0 Å². The number of hydrogen-bond donors (Lipinski definition) is 1. The van der Waals surface area contributed by atoms with Gasteiger partial charge in [-0.05, 0) is 58.6 Å². The van der Waals surface area contributed by atoms with Crippen molar-refractivity contribution >= 4 is 0 Å². The quantitative estimate of drug-likeness (QED) is 0.680. The second kappa shape index (κ2) is 7.47. The van der Waals surface area contributed by atoms with Crippen LogP contribution in [0.25, 0.3) is 0 Å². The second-order valence-corrected chi connectivity index (χ2v) is 4.54. The van der Waals surface area contributed by atoms with E-state index in [2.05, 4.69) is 54.3 Å². The molecule has 1 rings (SSSR count). The van der Waals surface area contributed by atoms with Crippen LogP contribution in [-0.2, 0) is 13.1 Å². The molecule has 0 aliphatic heterocycles. The van der Waals surface area contributed by atoms with Crippen molar-refractivity contribution in [3.05, 3.63) is 24.0 Å². The normalized spacial score (nSPS) is 11.2. The van der Waals surface area contributed by atoms with Crippen LogP contribution in [0.1, 0.15) is 25.3 Å². The Morgan fingerprint density at radius 2 is 2.12 bits per heavy atom. The lowest BCUT2D eigenvalue weighted by atomic mass is 10.3. The van der Waals surface area contributed by atoms with Gasteiger partial charge in [0.05, 0.1) is 0 Å². The molecule has 3 heteroatoms. The van der Waals surface area contributed by atoms with E-state index < -0.39 is 0 Å². The average molecular weight is 223 g/mol. The molecule has 0 radical (unpaired) electrons. The number of nitrogens with zero attached hydrogens (tertiary/aromatic N) is 2. The molecule has 0 fully saturated rings. The molecule has 0 saturated heterocycles. The Balaban J connectivity index is 2.02. The van der Waals surface area contributed by atoms with Gasteiger partial charge in [-0.15, -0.1) is 0 Å². The number of unbranched alkanes of at least 4 members (excludes halogenated alkanes) is 1. The third-order valence-electron chi connectivity index (χ3n) is 2.71. The van der Waals surface area contributed by atoms with Gasteiger partial charge in [-0.3, -0.25) is 0 Å². The van der Waals surface area contributed by atoms with Gasteiger partial charge in [-0.1, -0.05) is 0 Å². The SMILES string of the molecule is CCn1ccc(CNCCCCN(C)C)c1. The van der Waals surface area contributed by atoms with Crippen LogP contribution in [0, 0.1) is 0 Å². The molecule has 0 bridgehead atoms. The zero-order chi connectivity index (χ0) is 11.8. The maximum absolute atomic E-state index is 3.48.